The lowest BCUT2D eigenvalue weighted by Gasteiger charge is -2.32. The molecule has 2 atom stereocenters. The van der Waals surface area contributed by atoms with Gasteiger partial charge in [0, 0.05) is 58.6 Å². The van der Waals surface area contributed by atoms with Gasteiger partial charge in [0.2, 0.25) is 10.0 Å². The number of halogens is 6. The highest BCUT2D eigenvalue weighted by molar-refractivity contribution is 7.89. The third-order valence-corrected chi connectivity index (χ3v) is 9.68. The van der Waals surface area contributed by atoms with Gasteiger partial charge in [-0.2, -0.15) is 13.9 Å². The summed E-state index contributed by atoms with van der Waals surface area (Å²) in [6.07, 6.45) is 2.74. The Labute approximate surface area is 251 Å². The number of aromatic nitrogens is 3. The number of alkyl halides is 2. The van der Waals surface area contributed by atoms with Crippen molar-refractivity contribution in [3.63, 3.8) is 0 Å². The van der Waals surface area contributed by atoms with Crippen LogP contribution in [-0.4, -0.2) is 46.5 Å². The minimum Gasteiger partial charge on any atom is -0.326 e. The van der Waals surface area contributed by atoms with Crippen LogP contribution in [0.3, 0.4) is 0 Å². The van der Waals surface area contributed by atoms with E-state index >= 15 is 0 Å². The van der Waals surface area contributed by atoms with Crippen molar-refractivity contribution in [1.82, 2.24) is 24.4 Å². The Bertz CT molecular complexity index is 1850. The van der Waals surface area contributed by atoms with Crippen molar-refractivity contribution in [1.29, 1.82) is 0 Å². The first-order valence-electron chi connectivity index (χ1n) is 12.3. The highest BCUT2D eigenvalue weighted by Crippen LogP contribution is 2.46. The molecule has 0 spiro atoms. The smallest absolute Gasteiger partial charge is 0.326 e. The molecule has 218 valence electrons. The molecule has 4 aromatic rings. The predicted molar refractivity (Wildman–Crippen MR) is 150 cm³/mol. The Balaban J connectivity index is 1.49. The van der Waals surface area contributed by atoms with Gasteiger partial charge in [-0.25, -0.2) is 31.6 Å². The Hall–Kier alpha value is -3.30. The van der Waals surface area contributed by atoms with Gasteiger partial charge in [-0.05, 0) is 30.3 Å². The normalized spacial score (nSPS) is 19.0. The molecule has 1 fully saturated rings. The van der Waals surface area contributed by atoms with E-state index in [0.717, 1.165) is 18.3 Å². The van der Waals surface area contributed by atoms with Crippen molar-refractivity contribution in [2.75, 3.05) is 6.54 Å². The first-order valence-corrected chi connectivity index (χ1v) is 15.4. The van der Waals surface area contributed by atoms with Crippen LogP contribution in [0.25, 0.3) is 5.57 Å². The van der Waals surface area contributed by atoms with E-state index in [0.29, 0.717) is 32.4 Å². The molecule has 0 unspecified atom stereocenters. The Morgan fingerprint density at radius 1 is 1.10 bits per heavy atom. The van der Waals surface area contributed by atoms with Crippen molar-refractivity contribution in [3.8, 4) is 0 Å². The van der Waals surface area contributed by atoms with E-state index in [1.54, 1.807) is 16.5 Å². The summed E-state index contributed by atoms with van der Waals surface area (Å²) in [5, 5.41) is 5.99. The first kappa shape index (κ1) is 28.8. The molecule has 4 heterocycles. The van der Waals surface area contributed by atoms with Gasteiger partial charge in [0.1, 0.15) is 16.8 Å². The Kier molecular flexibility index (Phi) is 7.60. The van der Waals surface area contributed by atoms with Gasteiger partial charge >= 0.3 is 6.55 Å². The summed E-state index contributed by atoms with van der Waals surface area (Å²) in [6.45, 7) is -2.86. The number of thiazole rings is 1. The molecule has 6 rings (SSSR count). The quantitative estimate of drug-likeness (QED) is 0.236. The second kappa shape index (κ2) is 11.1. The van der Waals surface area contributed by atoms with Gasteiger partial charge in [0.25, 0.3) is 0 Å². The number of aliphatic imine (C=N–C) groups is 1. The van der Waals surface area contributed by atoms with Crippen LogP contribution in [0.5, 0.6) is 0 Å². The average molecular weight is 658 g/mol. The van der Waals surface area contributed by atoms with E-state index in [2.05, 4.69) is 14.8 Å². The molecule has 42 heavy (non-hydrogen) atoms. The van der Waals surface area contributed by atoms with Crippen LogP contribution < -0.4 is 4.72 Å². The monoisotopic (exact) mass is 656 g/mol. The molecule has 2 aromatic heterocycles. The van der Waals surface area contributed by atoms with E-state index < -0.39 is 45.2 Å². The third-order valence-electron chi connectivity index (χ3n) is 6.75. The van der Waals surface area contributed by atoms with E-state index in [1.165, 1.54) is 41.7 Å². The number of hydrogen-bond acceptors (Lipinski definition) is 7. The standard InChI is InChI=1S/C26H18Cl2F4N6O2S2/c27-16-2-1-3-20(22(16)30)42(39,40)36-14-11-19-21(18-6-8-38(35-18)26(31)32)23(15-5-4-13(29)10-17(15)28)34-24(37(19)12-14)25-33-7-9-41-25/h1-10,14,23,26,36H,11-12H2/t14-,23-/m0/s1. The topological polar surface area (TPSA) is 92.5 Å². The fourth-order valence-corrected chi connectivity index (χ4v) is 7.48. The zero-order valence-corrected chi connectivity index (χ0v) is 24.2. The molecule has 0 amide bonds. The number of nitrogens with zero attached hydrogens (tertiary/aromatic N) is 5. The highest BCUT2D eigenvalue weighted by Gasteiger charge is 2.42. The van der Waals surface area contributed by atoms with Gasteiger partial charge in [-0.3, -0.25) is 4.99 Å². The van der Waals surface area contributed by atoms with Crippen LogP contribution >= 0.6 is 34.5 Å². The van der Waals surface area contributed by atoms with Crippen molar-refractivity contribution < 1.29 is 26.0 Å². The number of fused-ring (bicyclic) bond motifs is 1. The van der Waals surface area contributed by atoms with Crippen LogP contribution in [-0.2, 0) is 10.0 Å². The molecule has 2 aliphatic heterocycles. The SMILES string of the molecule is O=S(=O)(N[C@H]1CC2=C(c3ccn(C(F)F)n3)[C@H](c3ccc(F)cc3Cl)N=C(c3nccs3)N2C1)c1cccc(Cl)c1F. The lowest BCUT2D eigenvalue weighted by Crippen LogP contribution is -2.39. The summed E-state index contributed by atoms with van der Waals surface area (Å²) in [5.41, 5.74) is 1.41. The van der Waals surface area contributed by atoms with Crippen molar-refractivity contribution in [2.45, 2.75) is 29.9 Å². The van der Waals surface area contributed by atoms with E-state index in [9.17, 15) is 26.0 Å². The predicted octanol–water partition coefficient (Wildman–Crippen LogP) is 6.29. The summed E-state index contributed by atoms with van der Waals surface area (Å²) in [6, 6.07) is 7.09. The molecule has 0 aliphatic carbocycles. The van der Waals surface area contributed by atoms with Gasteiger partial charge < -0.3 is 4.90 Å². The summed E-state index contributed by atoms with van der Waals surface area (Å²) in [5.74, 6) is -1.29. The Morgan fingerprint density at radius 3 is 2.60 bits per heavy atom. The summed E-state index contributed by atoms with van der Waals surface area (Å²) in [7, 11) is -4.37. The van der Waals surface area contributed by atoms with Gasteiger partial charge in [0.05, 0.1) is 10.7 Å². The van der Waals surface area contributed by atoms with Gasteiger partial charge in [0.15, 0.2) is 16.7 Å². The largest absolute Gasteiger partial charge is 0.333 e. The van der Waals surface area contributed by atoms with Crippen molar-refractivity contribution >= 4 is 56.0 Å². The molecule has 16 heteroatoms. The summed E-state index contributed by atoms with van der Waals surface area (Å²) < 4.78 is 85.2. The molecule has 0 radical (unpaired) electrons. The number of rotatable bonds is 7. The average Bonchev–Trinajstić information content (AvgIpc) is 3.70. The summed E-state index contributed by atoms with van der Waals surface area (Å²) in [4.78, 5) is 10.4. The lowest BCUT2D eigenvalue weighted by molar-refractivity contribution is 0.0564. The maximum atomic E-state index is 14.7. The number of amidine groups is 1. The summed E-state index contributed by atoms with van der Waals surface area (Å²) >= 11 is 13.6. The van der Waals surface area contributed by atoms with Gasteiger partial charge in [-0.1, -0.05) is 35.3 Å². The number of nitrogens with one attached hydrogen (secondary N) is 1. The fourth-order valence-electron chi connectivity index (χ4n) is 5.01. The molecule has 2 aliphatic rings. The molecule has 0 saturated carbocycles. The van der Waals surface area contributed by atoms with Crippen molar-refractivity contribution in [2.24, 2.45) is 4.99 Å². The molecule has 1 N–H and O–H groups in total. The highest BCUT2D eigenvalue weighted by atomic mass is 35.5. The van der Waals surface area contributed by atoms with Crippen molar-refractivity contribution in [3.05, 3.63) is 104 Å². The minimum atomic E-state index is -4.37. The van der Waals surface area contributed by atoms with E-state index in [-0.39, 0.29) is 28.7 Å². The van der Waals surface area contributed by atoms with Crippen LogP contribution in [0.4, 0.5) is 17.6 Å². The minimum absolute atomic E-state index is 0.0498. The molecular weight excluding hydrogens is 639 g/mol. The zero-order chi connectivity index (χ0) is 29.8. The Morgan fingerprint density at radius 2 is 1.90 bits per heavy atom. The second-order valence-corrected chi connectivity index (χ2v) is 12.8. The maximum absolute atomic E-state index is 14.7. The maximum Gasteiger partial charge on any atom is 0.333 e. The van der Waals surface area contributed by atoms with Crippen LogP contribution in [0, 0.1) is 11.6 Å². The van der Waals surface area contributed by atoms with Crippen LogP contribution in [0.2, 0.25) is 10.0 Å². The number of sulfonamides is 1. The fraction of sp³-hybridized carbons (Fsp3) is 0.192. The molecule has 0 bridgehead atoms. The molecule has 2 aromatic carbocycles. The van der Waals surface area contributed by atoms with E-state index in [1.807, 2.05) is 0 Å². The lowest BCUT2D eigenvalue weighted by atomic mass is 9.92. The van der Waals surface area contributed by atoms with Crippen LogP contribution in [0.15, 0.2) is 75.8 Å². The number of benzene rings is 2. The first-order chi connectivity index (χ1) is 20.0. The molecule has 1 saturated heterocycles. The van der Waals surface area contributed by atoms with E-state index in [4.69, 9.17) is 28.2 Å². The van der Waals surface area contributed by atoms with Crippen LogP contribution in [0.1, 0.15) is 35.3 Å². The molecular formula is C26H18Cl2F4N6O2S2. The third kappa shape index (κ3) is 5.22. The van der Waals surface area contributed by atoms with Gasteiger partial charge in [-0.15, -0.1) is 11.3 Å². The zero-order valence-electron chi connectivity index (χ0n) is 21.1. The number of hydrogen-bond donors (Lipinski definition) is 1. The second-order valence-electron chi connectivity index (χ2n) is 9.36. The molecule has 8 nitrogen and oxygen atoms in total.